The minimum absolute atomic E-state index is 0.00859. The Bertz CT molecular complexity index is 340. The number of hydrogen-bond donors (Lipinski definition) is 1. The molecule has 1 aromatic rings. The average molecular weight is 207 g/mol. The fraction of sp³-hybridized carbons (Fsp3) is 0.538. The van der Waals surface area contributed by atoms with Crippen LogP contribution < -0.4 is 5.32 Å². The van der Waals surface area contributed by atoms with E-state index in [1.165, 1.54) is 0 Å². The van der Waals surface area contributed by atoms with Gasteiger partial charge in [-0.05, 0) is 30.5 Å². The molecule has 0 bridgehead atoms. The van der Waals surface area contributed by atoms with Crippen LogP contribution in [0.1, 0.15) is 25.8 Å². The summed E-state index contributed by atoms with van der Waals surface area (Å²) in [5, 5.41) is 3.35. The maximum atomic E-state index is 13.8. The quantitative estimate of drug-likeness (QED) is 0.786. The third-order valence-corrected chi connectivity index (χ3v) is 3.70. The van der Waals surface area contributed by atoms with Crippen molar-refractivity contribution < 1.29 is 4.39 Å². The van der Waals surface area contributed by atoms with Crippen LogP contribution in [0.4, 0.5) is 4.39 Å². The summed E-state index contributed by atoms with van der Waals surface area (Å²) in [6, 6.07) is 7.19. The van der Waals surface area contributed by atoms with Gasteiger partial charge in [-0.25, -0.2) is 4.39 Å². The molecule has 1 unspecified atom stereocenters. The molecule has 1 fully saturated rings. The molecular weight excluding hydrogens is 189 g/mol. The van der Waals surface area contributed by atoms with Crippen molar-refractivity contribution in [3.8, 4) is 0 Å². The van der Waals surface area contributed by atoms with Crippen LogP contribution in [0.15, 0.2) is 24.3 Å². The van der Waals surface area contributed by atoms with E-state index in [-0.39, 0.29) is 11.2 Å². The van der Waals surface area contributed by atoms with E-state index in [9.17, 15) is 4.39 Å². The lowest BCUT2D eigenvalue weighted by Crippen LogP contribution is -2.35. The molecule has 0 amide bonds. The molecule has 1 nitrogen and oxygen atoms in total. The number of nitrogens with one attached hydrogen (secondary N) is 1. The van der Waals surface area contributed by atoms with Crippen molar-refractivity contribution in [3.63, 3.8) is 0 Å². The second-order valence-corrected chi connectivity index (χ2v) is 4.72. The van der Waals surface area contributed by atoms with Gasteiger partial charge in [0, 0.05) is 12.0 Å². The molecule has 1 N–H and O–H groups in total. The lowest BCUT2D eigenvalue weighted by molar-refractivity contribution is 0.324. The second kappa shape index (κ2) is 3.93. The van der Waals surface area contributed by atoms with Gasteiger partial charge in [0.2, 0.25) is 0 Å². The zero-order valence-corrected chi connectivity index (χ0v) is 9.39. The number of benzene rings is 1. The molecule has 1 atom stereocenters. The number of halogens is 1. The van der Waals surface area contributed by atoms with Crippen LogP contribution in [0.25, 0.3) is 0 Å². The summed E-state index contributed by atoms with van der Waals surface area (Å²) in [5.41, 5.74) is 0.871. The standard InChI is InChI=1S/C13H18FN/c1-10(2)13(7-8-15-9-13)11-5-3-4-6-12(11)14/h3-6,10,15H,7-9H2,1-2H3. The summed E-state index contributed by atoms with van der Waals surface area (Å²) in [6.45, 7) is 6.25. The van der Waals surface area contributed by atoms with Crippen LogP contribution in [0.3, 0.4) is 0 Å². The van der Waals surface area contributed by atoms with Crippen LogP contribution in [0.2, 0.25) is 0 Å². The molecule has 2 rings (SSSR count). The minimum atomic E-state index is -0.0603. The SMILES string of the molecule is CC(C)C1(c2ccccc2F)CCNC1. The summed E-state index contributed by atoms with van der Waals surface area (Å²) >= 11 is 0. The predicted molar refractivity (Wildman–Crippen MR) is 60.4 cm³/mol. The molecule has 1 aliphatic heterocycles. The molecule has 82 valence electrons. The Kier molecular flexibility index (Phi) is 2.79. The Labute approximate surface area is 90.7 Å². The van der Waals surface area contributed by atoms with Crippen LogP contribution in [0, 0.1) is 11.7 Å². The zero-order valence-electron chi connectivity index (χ0n) is 9.39. The van der Waals surface area contributed by atoms with E-state index in [0.29, 0.717) is 5.92 Å². The third-order valence-electron chi connectivity index (χ3n) is 3.70. The monoisotopic (exact) mass is 207 g/mol. The second-order valence-electron chi connectivity index (χ2n) is 4.72. The van der Waals surface area contributed by atoms with Gasteiger partial charge < -0.3 is 5.32 Å². The van der Waals surface area contributed by atoms with Gasteiger partial charge in [0.1, 0.15) is 5.82 Å². The molecule has 0 spiro atoms. The first-order valence-electron chi connectivity index (χ1n) is 5.62. The molecular formula is C13H18FN. The predicted octanol–water partition coefficient (Wildman–Crippen LogP) is 2.71. The highest BCUT2D eigenvalue weighted by atomic mass is 19.1. The molecule has 1 aliphatic rings. The Morgan fingerprint density at radius 1 is 1.33 bits per heavy atom. The van der Waals surface area contributed by atoms with Crippen molar-refractivity contribution in [2.45, 2.75) is 25.7 Å². The largest absolute Gasteiger partial charge is 0.316 e. The highest BCUT2D eigenvalue weighted by Crippen LogP contribution is 2.38. The Morgan fingerprint density at radius 2 is 2.07 bits per heavy atom. The van der Waals surface area contributed by atoms with Gasteiger partial charge in [-0.1, -0.05) is 32.0 Å². The molecule has 0 radical (unpaired) electrons. The maximum Gasteiger partial charge on any atom is 0.127 e. The van der Waals surface area contributed by atoms with Crippen molar-refractivity contribution in [2.75, 3.05) is 13.1 Å². The topological polar surface area (TPSA) is 12.0 Å². The van der Waals surface area contributed by atoms with Gasteiger partial charge in [-0.2, -0.15) is 0 Å². The number of rotatable bonds is 2. The lowest BCUT2D eigenvalue weighted by Gasteiger charge is -2.33. The van der Waals surface area contributed by atoms with Crippen LogP contribution in [-0.4, -0.2) is 13.1 Å². The van der Waals surface area contributed by atoms with Crippen LogP contribution in [-0.2, 0) is 5.41 Å². The molecule has 0 aliphatic carbocycles. The normalized spacial score (nSPS) is 26.1. The van der Waals surface area contributed by atoms with Gasteiger partial charge in [0.05, 0.1) is 0 Å². The highest BCUT2D eigenvalue weighted by molar-refractivity contribution is 5.30. The van der Waals surface area contributed by atoms with Gasteiger partial charge in [0.25, 0.3) is 0 Å². The van der Waals surface area contributed by atoms with Gasteiger partial charge in [-0.15, -0.1) is 0 Å². The fourth-order valence-electron chi connectivity index (χ4n) is 2.61. The van der Waals surface area contributed by atoms with E-state index < -0.39 is 0 Å². The smallest absolute Gasteiger partial charge is 0.127 e. The van der Waals surface area contributed by atoms with Crippen LogP contribution in [0.5, 0.6) is 0 Å². The van der Waals surface area contributed by atoms with E-state index in [2.05, 4.69) is 19.2 Å². The van der Waals surface area contributed by atoms with E-state index >= 15 is 0 Å². The lowest BCUT2D eigenvalue weighted by atomic mass is 9.71. The third kappa shape index (κ3) is 1.67. The summed E-state index contributed by atoms with van der Waals surface area (Å²) in [7, 11) is 0. The molecule has 0 aromatic heterocycles. The Balaban J connectivity index is 2.46. The average Bonchev–Trinajstić information content (AvgIpc) is 2.68. The molecule has 0 saturated carbocycles. The maximum absolute atomic E-state index is 13.8. The summed E-state index contributed by atoms with van der Waals surface area (Å²) < 4.78 is 13.8. The molecule has 15 heavy (non-hydrogen) atoms. The van der Waals surface area contributed by atoms with Crippen molar-refractivity contribution in [3.05, 3.63) is 35.6 Å². The zero-order chi connectivity index (χ0) is 10.9. The molecule has 1 aromatic carbocycles. The summed E-state index contributed by atoms with van der Waals surface area (Å²) in [6.07, 6.45) is 1.03. The first kappa shape index (κ1) is 10.6. The summed E-state index contributed by atoms with van der Waals surface area (Å²) in [5.74, 6) is 0.402. The molecule has 1 heterocycles. The number of hydrogen-bond acceptors (Lipinski definition) is 1. The van der Waals surface area contributed by atoms with Gasteiger partial charge in [-0.3, -0.25) is 0 Å². The van der Waals surface area contributed by atoms with E-state index in [1.807, 2.05) is 12.1 Å². The van der Waals surface area contributed by atoms with Gasteiger partial charge >= 0.3 is 0 Å². The van der Waals surface area contributed by atoms with Crippen molar-refractivity contribution >= 4 is 0 Å². The van der Waals surface area contributed by atoms with Crippen molar-refractivity contribution in [1.29, 1.82) is 0 Å². The Hall–Kier alpha value is -0.890. The molecule has 2 heteroatoms. The van der Waals surface area contributed by atoms with Crippen molar-refractivity contribution in [2.24, 2.45) is 5.92 Å². The van der Waals surface area contributed by atoms with Gasteiger partial charge in [0.15, 0.2) is 0 Å². The molecule has 1 saturated heterocycles. The van der Waals surface area contributed by atoms with Crippen molar-refractivity contribution in [1.82, 2.24) is 5.32 Å². The first-order valence-corrected chi connectivity index (χ1v) is 5.62. The van der Waals surface area contributed by atoms with E-state index in [1.54, 1.807) is 12.1 Å². The minimum Gasteiger partial charge on any atom is -0.316 e. The summed E-state index contributed by atoms with van der Waals surface area (Å²) in [4.78, 5) is 0. The first-order chi connectivity index (χ1) is 7.17. The highest BCUT2D eigenvalue weighted by Gasteiger charge is 2.40. The Morgan fingerprint density at radius 3 is 2.60 bits per heavy atom. The van der Waals surface area contributed by atoms with Crippen LogP contribution >= 0.6 is 0 Å². The van der Waals surface area contributed by atoms with E-state index in [0.717, 1.165) is 25.1 Å². The fourth-order valence-corrected chi connectivity index (χ4v) is 2.61. The van der Waals surface area contributed by atoms with E-state index in [4.69, 9.17) is 0 Å².